The van der Waals surface area contributed by atoms with Crippen LogP contribution in [0.25, 0.3) is 0 Å². The number of carbonyl (C=O) groups is 1. The van der Waals surface area contributed by atoms with E-state index in [2.05, 4.69) is 4.98 Å². The third-order valence-electron chi connectivity index (χ3n) is 2.32. The summed E-state index contributed by atoms with van der Waals surface area (Å²) in [7, 11) is 1.60. The van der Waals surface area contributed by atoms with E-state index in [0.717, 1.165) is 0 Å². The van der Waals surface area contributed by atoms with Crippen LogP contribution in [-0.4, -0.2) is 20.6 Å². The Morgan fingerprint density at radius 3 is 2.67 bits per heavy atom. The molecule has 0 spiro atoms. The van der Waals surface area contributed by atoms with Gasteiger partial charge in [0, 0.05) is 13.2 Å². The lowest BCUT2D eigenvalue weighted by molar-refractivity contribution is 0.0679. The average Bonchev–Trinajstić information content (AvgIpc) is 2.70. The standard InChI is InChI=1S/C12H11FN2O3/c1-15-6-9(14-11(15)12(16)17)7-18-10-4-2-8(13)3-5-10/h2-6H,7H2,1H3,(H,16,17). The maximum atomic E-state index is 12.7. The number of imidazole rings is 1. The van der Waals surface area contributed by atoms with Gasteiger partial charge in [0.25, 0.3) is 0 Å². The number of hydrogen-bond acceptors (Lipinski definition) is 3. The van der Waals surface area contributed by atoms with E-state index in [1.54, 1.807) is 13.2 Å². The molecule has 1 heterocycles. The van der Waals surface area contributed by atoms with Crippen LogP contribution >= 0.6 is 0 Å². The molecule has 0 aliphatic heterocycles. The molecule has 2 rings (SSSR count). The van der Waals surface area contributed by atoms with Gasteiger partial charge in [-0.25, -0.2) is 14.2 Å². The minimum absolute atomic E-state index is 0.0484. The van der Waals surface area contributed by atoms with Crippen molar-refractivity contribution in [1.29, 1.82) is 0 Å². The molecule has 0 amide bonds. The molecule has 0 unspecified atom stereocenters. The van der Waals surface area contributed by atoms with E-state index in [4.69, 9.17) is 9.84 Å². The van der Waals surface area contributed by atoms with Crippen molar-refractivity contribution in [2.24, 2.45) is 7.05 Å². The van der Waals surface area contributed by atoms with E-state index in [0.29, 0.717) is 11.4 Å². The summed E-state index contributed by atoms with van der Waals surface area (Å²) in [6.07, 6.45) is 1.58. The number of carboxylic acid groups (broad SMARTS) is 1. The number of aryl methyl sites for hydroxylation is 1. The number of aromatic carboxylic acids is 1. The molecule has 2 aromatic rings. The third kappa shape index (κ3) is 2.65. The van der Waals surface area contributed by atoms with Gasteiger partial charge in [-0.3, -0.25) is 0 Å². The molecule has 1 N–H and O–H groups in total. The minimum Gasteiger partial charge on any atom is -0.487 e. The fourth-order valence-corrected chi connectivity index (χ4v) is 1.48. The zero-order valence-corrected chi connectivity index (χ0v) is 9.63. The van der Waals surface area contributed by atoms with E-state index in [1.807, 2.05) is 0 Å². The summed E-state index contributed by atoms with van der Waals surface area (Å²) >= 11 is 0. The minimum atomic E-state index is -1.09. The molecule has 18 heavy (non-hydrogen) atoms. The van der Waals surface area contributed by atoms with Gasteiger partial charge in [-0.05, 0) is 24.3 Å². The summed E-state index contributed by atoms with van der Waals surface area (Å²) in [5.41, 5.74) is 0.499. The predicted octanol–water partition coefficient (Wildman–Crippen LogP) is 1.84. The van der Waals surface area contributed by atoms with Crippen LogP contribution in [0.3, 0.4) is 0 Å². The first kappa shape index (κ1) is 12.1. The second-order valence-electron chi connectivity index (χ2n) is 3.71. The maximum Gasteiger partial charge on any atom is 0.372 e. The summed E-state index contributed by atoms with van der Waals surface area (Å²) < 4.78 is 19.4. The van der Waals surface area contributed by atoms with Gasteiger partial charge in [-0.2, -0.15) is 0 Å². The van der Waals surface area contributed by atoms with Gasteiger partial charge >= 0.3 is 5.97 Å². The Morgan fingerprint density at radius 2 is 2.11 bits per heavy atom. The van der Waals surface area contributed by atoms with Crippen LogP contribution in [0.2, 0.25) is 0 Å². The highest BCUT2D eigenvalue weighted by molar-refractivity contribution is 5.83. The summed E-state index contributed by atoms with van der Waals surface area (Å²) in [6.45, 7) is 0.132. The Morgan fingerprint density at radius 1 is 1.44 bits per heavy atom. The first-order valence-electron chi connectivity index (χ1n) is 5.20. The van der Waals surface area contributed by atoms with E-state index in [1.165, 1.54) is 28.8 Å². The summed E-state index contributed by atoms with van der Waals surface area (Å²) in [5, 5.41) is 8.83. The van der Waals surface area contributed by atoms with Crippen molar-refractivity contribution in [3.8, 4) is 5.75 Å². The summed E-state index contributed by atoms with van der Waals surface area (Å²) in [5.74, 6) is -0.981. The molecule has 0 aliphatic carbocycles. The Bertz CT molecular complexity index is 563. The zero-order valence-electron chi connectivity index (χ0n) is 9.63. The number of benzene rings is 1. The van der Waals surface area contributed by atoms with Crippen molar-refractivity contribution < 1.29 is 19.0 Å². The average molecular weight is 250 g/mol. The topological polar surface area (TPSA) is 64.4 Å². The molecular weight excluding hydrogens is 239 g/mol. The van der Waals surface area contributed by atoms with Crippen molar-refractivity contribution in [1.82, 2.24) is 9.55 Å². The van der Waals surface area contributed by atoms with Crippen molar-refractivity contribution in [3.05, 3.63) is 47.8 Å². The van der Waals surface area contributed by atoms with Crippen molar-refractivity contribution in [2.75, 3.05) is 0 Å². The molecule has 1 aromatic carbocycles. The first-order chi connectivity index (χ1) is 8.56. The van der Waals surface area contributed by atoms with E-state index >= 15 is 0 Å². The molecule has 1 aromatic heterocycles. The Labute approximate surface area is 102 Å². The number of carboxylic acids is 1. The smallest absolute Gasteiger partial charge is 0.372 e. The molecular formula is C12H11FN2O3. The van der Waals surface area contributed by atoms with Crippen LogP contribution in [0.15, 0.2) is 30.5 Å². The highest BCUT2D eigenvalue weighted by atomic mass is 19.1. The lowest BCUT2D eigenvalue weighted by Crippen LogP contribution is -2.05. The van der Waals surface area contributed by atoms with Gasteiger partial charge in [-0.1, -0.05) is 0 Å². The van der Waals surface area contributed by atoms with Crippen LogP contribution in [0.1, 0.15) is 16.3 Å². The Hall–Kier alpha value is -2.37. The number of ether oxygens (including phenoxy) is 1. The highest BCUT2D eigenvalue weighted by Crippen LogP contribution is 2.13. The zero-order chi connectivity index (χ0) is 13.1. The molecule has 0 radical (unpaired) electrons. The normalized spacial score (nSPS) is 10.3. The highest BCUT2D eigenvalue weighted by Gasteiger charge is 2.12. The quantitative estimate of drug-likeness (QED) is 0.899. The molecule has 94 valence electrons. The molecule has 0 bridgehead atoms. The second kappa shape index (κ2) is 4.87. The van der Waals surface area contributed by atoms with Crippen LogP contribution in [0, 0.1) is 5.82 Å². The SMILES string of the molecule is Cn1cc(COc2ccc(F)cc2)nc1C(=O)O. The van der Waals surface area contributed by atoms with Crippen LogP contribution in [0.5, 0.6) is 5.75 Å². The summed E-state index contributed by atoms with van der Waals surface area (Å²) in [4.78, 5) is 14.7. The van der Waals surface area contributed by atoms with E-state index < -0.39 is 5.97 Å². The lowest BCUT2D eigenvalue weighted by Gasteiger charge is -2.03. The third-order valence-corrected chi connectivity index (χ3v) is 2.32. The van der Waals surface area contributed by atoms with Gasteiger partial charge in [0.15, 0.2) is 0 Å². The summed E-state index contributed by atoms with van der Waals surface area (Å²) in [6, 6.07) is 5.57. The van der Waals surface area contributed by atoms with Gasteiger partial charge in [0.1, 0.15) is 18.2 Å². The van der Waals surface area contributed by atoms with Crippen LogP contribution < -0.4 is 4.74 Å². The van der Waals surface area contributed by atoms with E-state index in [9.17, 15) is 9.18 Å². The van der Waals surface area contributed by atoms with Gasteiger partial charge < -0.3 is 14.4 Å². The van der Waals surface area contributed by atoms with Crippen molar-refractivity contribution in [3.63, 3.8) is 0 Å². The number of rotatable bonds is 4. The Kier molecular flexibility index (Phi) is 3.27. The Balaban J connectivity index is 2.04. The molecule has 0 fully saturated rings. The lowest BCUT2D eigenvalue weighted by atomic mass is 10.3. The molecule has 0 saturated heterocycles. The van der Waals surface area contributed by atoms with Crippen LogP contribution in [-0.2, 0) is 13.7 Å². The predicted molar refractivity (Wildman–Crippen MR) is 60.9 cm³/mol. The monoisotopic (exact) mass is 250 g/mol. The fraction of sp³-hybridized carbons (Fsp3) is 0.167. The number of hydrogen-bond donors (Lipinski definition) is 1. The van der Waals surface area contributed by atoms with Gasteiger partial charge in [0.2, 0.25) is 5.82 Å². The molecule has 0 saturated carbocycles. The fourth-order valence-electron chi connectivity index (χ4n) is 1.48. The van der Waals surface area contributed by atoms with Crippen molar-refractivity contribution in [2.45, 2.75) is 6.61 Å². The first-order valence-corrected chi connectivity index (χ1v) is 5.20. The maximum absolute atomic E-state index is 12.7. The second-order valence-corrected chi connectivity index (χ2v) is 3.71. The largest absolute Gasteiger partial charge is 0.487 e. The number of aromatic nitrogens is 2. The van der Waals surface area contributed by atoms with E-state index in [-0.39, 0.29) is 18.2 Å². The van der Waals surface area contributed by atoms with Crippen molar-refractivity contribution >= 4 is 5.97 Å². The molecule has 0 atom stereocenters. The molecule has 6 heteroatoms. The molecule has 5 nitrogen and oxygen atoms in total. The molecule has 0 aliphatic rings. The van der Waals surface area contributed by atoms with Crippen LogP contribution in [0.4, 0.5) is 4.39 Å². The van der Waals surface area contributed by atoms with Gasteiger partial charge in [0.05, 0.1) is 5.69 Å². The number of nitrogens with zero attached hydrogens (tertiary/aromatic N) is 2. The number of halogens is 1. The van der Waals surface area contributed by atoms with Gasteiger partial charge in [-0.15, -0.1) is 0 Å².